The molecule has 144 valence electrons. The molecule has 1 rings (SSSR count). The van der Waals surface area contributed by atoms with Crippen molar-refractivity contribution in [2.45, 2.75) is 109 Å². The molecule has 0 aromatic rings. The summed E-state index contributed by atoms with van der Waals surface area (Å²) < 4.78 is 19.4. The molecule has 3 nitrogen and oxygen atoms in total. The van der Waals surface area contributed by atoms with Crippen molar-refractivity contribution >= 4 is 16.6 Å². The predicted octanol–water partition coefficient (Wildman–Crippen LogP) is 5.97. The summed E-state index contributed by atoms with van der Waals surface area (Å²) in [4.78, 5) is 0. The van der Waals surface area contributed by atoms with E-state index in [1.165, 1.54) is 12.8 Å². The van der Waals surface area contributed by atoms with Crippen molar-refractivity contribution in [3.63, 3.8) is 0 Å². The molecule has 1 saturated heterocycles. The van der Waals surface area contributed by atoms with Gasteiger partial charge in [0.15, 0.2) is 16.6 Å². The molecule has 0 amide bonds. The maximum atomic E-state index is 6.76. The lowest BCUT2D eigenvalue weighted by molar-refractivity contribution is -0.0707. The van der Waals surface area contributed by atoms with Gasteiger partial charge < -0.3 is 13.6 Å². The summed E-state index contributed by atoms with van der Waals surface area (Å²) in [6, 6.07) is 0. The second-order valence-corrected chi connectivity index (χ2v) is 20.0. The first kappa shape index (κ1) is 22.4. The van der Waals surface area contributed by atoms with Gasteiger partial charge in [0.25, 0.3) is 0 Å². The van der Waals surface area contributed by atoms with Crippen LogP contribution in [0.15, 0.2) is 0 Å². The average Bonchev–Trinajstić information content (AvgIpc) is 2.42. The highest BCUT2D eigenvalue weighted by atomic mass is 28.4. The van der Waals surface area contributed by atoms with E-state index in [-0.39, 0.29) is 22.3 Å². The Labute approximate surface area is 153 Å². The van der Waals surface area contributed by atoms with E-state index < -0.39 is 16.6 Å². The summed E-state index contributed by atoms with van der Waals surface area (Å²) in [6.45, 7) is 24.6. The molecule has 1 aliphatic rings. The van der Waals surface area contributed by atoms with Crippen LogP contribution in [-0.2, 0) is 13.6 Å². The largest absolute Gasteiger partial charge is 0.414 e. The molecule has 0 saturated carbocycles. The third kappa shape index (κ3) is 5.94. The standard InChI is InChI=1S/C19H42O3Si2/c1-18(2,3)23(7,8)21-15-17(16-13-11-12-14-20-16)22-24(9,10)19(4,5)6/h16-17H,11-15H2,1-10H3/t16-,17+/m1/s1. The summed E-state index contributed by atoms with van der Waals surface area (Å²) in [5, 5.41) is 0.429. The summed E-state index contributed by atoms with van der Waals surface area (Å²) in [5.74, 6) is 0. The van der Waals surface area contributed by atoms with Crippen LogP contribution in [0.2, 0.25) is 36.3 Å². The molecule has 0 aromatic carbocycles. The van der Waals surface area contributed by atoms with Gasteiger partial charge in [-0.3, -0.25) is 0 Å². The average molecular weight is 375 g/mol. The van der Waals surface area contributed by atoms with Crippen molar-refractivity contribution in [2.24, 2.45) is 0 Å². The topological polar surface area (TPSA) is 27.7 Å². The van der Waals surface area contributed by atoms with E-state index in [2.05, 4.69) is 67.7 Å². The molecule has 0 N–H and O–H groups in total. The maximum absolute atomic E-state index is 6.76. The molecule has 0 bridgehead atoms. The number of rotatable bonds is 6. The fourth-order valence-electron chi connectivity index (χ4n) is 2.34. The Morgan fingerprint density at radius 1 is 0.917 bits per heavy atom. The highest BCUT2D eigenvalue weighted by Crippen LogP contribution is 2.40. The van der Waals surface area contributed by atoms with Gasteiger partial charge in [-0.2, -0.15) is 0 Å². The summed E-state index contributed by atoms with van der Waals surface area (Å²) in [5.41, 5.74) is 0. The van der Waals surface area contributed by atoms with Crippen LogP contribution in [0.25, 0.3) is 0 Å². The molecule has 2 atom stereocenters. The van der Waals surface area contributed by atoms with E-state index in [9.17, 15) is 0 Å². The quantitative estimate of drug-likeness (QED) is 0.536. The Kier molecular flexibility index (Phi) is 7.37. The molecule has 0 radical (unpaired) electrons. The zero-order valence-corrected chi connectivity index (χ0v) is 19.9. The Morgan fingerprint density at radius 2 is 1.46 bits per heavy atom. The van der Waals surface area contributed by atoms with E-state index in [4.69, 9.17) is 13.6 Å². The van der Waals surface area contributed by atoms with Crippen molar-refractivity contribution in [3.05, 3.63) is 0 Å². The highest BCUT2D eigenvalue weighted by molar-refractivity contribution is 6.74. The molecule has 24 heavy (non-hydrogen) atoms. The minimum absolute atomic E-state index is 0.0697. The number of hydrogen-bond donors (Lipinski definition) is 0. The normalized spacial score (nSPS) is 22.5. The van der Waals surface area contributed by atoms with Crippen molar-refractivity contribution in [2.75, 3.05) is 13.2 Å². The molecular weight excluding hydrogens is 332 g/mol. The van der Waals surface area contributed by atoms with E-state index in [0.29, 0.717) is 6.61 Å². The zero-order chi connectivity index (χ0) is 18.8. The van der Waals surface area contributed by atoms with Crippen molar-refractivity contribution in [3.8, 4) is 0 Å². The second-order valence-electron chi connectivity index (χ2n) is 10.4. The first-order chi connectivity index (χ1) is 10.7. The first-order valence-corrected chi connectivity index (χ1v) is 15.4. The molecule has 0 unspecified atom stereocenters. The van der Waals surface area contributed by atoms with E-state index in [1.807, 2.05) is 0 Å². The Bertz CT molecular complexity index is 388. The fourth-order valence-corrected chi connectivity index (χ4v) is 4.68. The lowest BCUT2D eigenvalue weighted by Gasteiger charge is -2.44. The van der Waals surface area contributed by atoms with Gasteiger partial charge in [-0.25, -0.2) is 0 Å². The highest BCUT2D eigenvalue weighted by Gasteiger charge is 2.43. The third-order valence-corrected chi connectivity index (χ3v) is 15.3. The summed E-state index contributed by atoms with van der Waals surface area (Å²) >= 11 is 0. The molecule has 1 heterocycles. The predicted molar refractivity (Wildman–Crippen MR) is 109 cm³/mol. The molecule has 0 aromatic heterocycles. The Hall–Kier alpha value is 0.314. The van der Waals surface area contributed by atoms with Crippen molar-refractivity contribution in [1.29, 1.82) is 0 Å². The SMILES string of the molecule is CC(C)(C)[Si](C)(C)OC[C@H](O[Si](C)(C)C(C)(C)C)[C@H]1CCCCO1. The monoisotopic (exact) mass is 374 g/mol. The van der Waals surface area contributed by atoms with Gasteiger partial charge in [-0.15, -0.1) is 0 Å². The minimum Gasteiger partial charge on any atom is -0.414 e. The molecule has 1 aliphatic heterocycles. The zero-order valence-electron chi connectivity index (χ0n) is 17.9. The maximum Gasteiger partial charge on any atom is 0.192 e. The molecule has 1 fully saturated rings. The van der Waals surface area contributed by atoms with Crippen LogP contribution in [0.3, 0.4) is 0 Å². The van der Waals surface area contributed by atoms with E-state index in [0.717, 1.165) is 13.0 Å². The van der Waals surface area contributed by atoms with Crippen LogP contribution in [0, 0.1) is 0 Å². The van der Waals surface area contributed by atoms with Crippen LogP contribution >= 0.6 is 0 Å². The lowest BCUT2D eigenvalue weighted by atomic mass is 10.1. The van der Waals surface area contributed by atoms with Gasteiger partial charge in [0, 0.05) is 6.61 Å². The van der Waals surface area contributed by atoms with E-state index >= 15 is 0 Å². The second kappa shape index (κ2) is 7.91. The number of hydrogen-bond acceptors (Lipinski definition) is 3. The van der Waals surface area contributed by atoms with Crippen molar-refractivity contribution in [1.82, 2.24) is 0 Å². The molecule has 0 spiro atoms. The van der Waals surface area contributed by atoms with E-state index in [1.54, 1.807) is 0 Å². The van der Waals surface area contributed by atoms with Crippen LogP contribution in [0.5, 0.6) is 0 Å². The Morgan fingerprint density at radius 3 is 1.88 bits per heavy atom. The lowest BCUT2D eigenvalue weighted by Crippen LogP contribution is -2.52. The van der Waals surface area contributed by atoms with Crippen LogP contribution in [-0.4, -0.2) is 42.1 Å². The minimum atomic E-state index is -1.84. The fraction of sp³-hybridized carbons (Fsp3) is 1.00. The van der Waals surface area contributed by atoms with Crippen LogP contribution < -0.4 is 0 Å². The molecular formula is C19H42O3Si2. The van der Waals surface area contributed by atoms with Gasteiger partial charge in [0.2, 0.25) is 0 Å². The van der Waals surface area contributed by atoms with Crippen LogP contribution in [0.4, 0.5) is 0 Å². The summed E-state index contributed by atoms with van der Waals surface area (Å²) in [6.07, 6.45) is 3.77. The first-order valence-electron chi connectivity index (χ1n) is 9.61. The van der Waals surface area contributed by atoms with Crippen LogP contribution in [0.1, 0.15) is 60.8 Å². The smallest absolute Gasteiger partial charge is 0.192 e. The number of ether oxygens (including phenoxy) is 1. The van der Waals surface area contributed by atoms with Gasteiger partial charge >= 0.3 is 0 Å². The Balaban J connectivity index is 2.86. The van der Waals surface area contributed by atoms with Gasteiger partial charge in [-0.05, 0) is 55.5 Å². The van der Waals surface area contributed by atoms with Gasteiger partial charge in [0.05, 0.1) is 18.8 Å². The van der Waals surface area contributed by atoms with Gasteiger partial charge in [-0.1, -0.05) is 41.5 Å². The summed E-state index contributed by atoms with van der Waals surface area (Å²) in [7, 11) is -3.61. The van der Waals surface area contributed by atoms with Crippen molar-refractivity contribution < 1.29 is 13.6 Å². The third-order valence-electron chi connectivity index (χ3n) is 6.30. The van der Waals surface area contributed by atoms with Gasteiger partial charge in [0.1, 0.15) is 0 Å². The molecule has 5 heteroatoms. The molecule has 0 aliphatic carbocycles.